The molecule has 1 aliphatic rings. The molecule has 0 radical (unpaired) electrons. The average molecular weight is 275 g/mol. The maximum atomic E-state index is 5.88. The molecule has 0 bridgehead atoms. The van der Waals surface area contributed by atoms with Crippen LogP contribution in [0.25, 0.3) is 0 Å². The molecule has 3 rings (SSSR count). The molecule has 1 N–H and O–H groups in total. The lowest BCUT2D eigenvalue weighted by Gasteiger charge is -2.12. The van der Waals surface area contributed by atoms with Crippen molar-refractivity contribution in [2.45, 2.75) is 18.4 Å². The number of rotatable bonds is 4. The lowest BCUT2D eigenvalue weighted by Crippen LogP contribution is -2.17. The molecule has 1 aromatic carbocycles. The first-order chi connectivity index (χ1) is 9.38. The van der Waals surface area contributed by atoms with E-state index in [2.05, 4.69) is 27.6 Å². The molecule has 100 valence electrons. The highest BCUT2D eigenvalue weighted by molar-refractivity contribution is 7.99. The number of hydrogen-bond acceptors (Lipinski definition) is 5. The first-order valence-corrected chi connectivity index (χ1v) is 7.67. The molecule has 0 spiro atoms. The summed E-state index contributed by atoms with van der Waals surface area (Å²) in [4.78, 5) is 0. The van der Waals surface area contributed by atoms with E-state index in [9.17, 15) is 0 Å². The molecule has 1 fully saturated rings. The number of nitrogens with zero attached hydrogens (tertiary/aromatic N) is 2. The normalized spacial score (nSPS) is 20.6. The first-order valence-electron chi connectivity index (χ1n) is 6.51. The van der Waals surface area contributed by atoms with E-state index in [0.717, 1.165) is 23.6 Å². The minimum absolute atomic E-state index is 0.0310. The predicted molar refractivity (Wildman–Crippen MR) is 76.3 cm³/mol. The Morgan fingerprint density at radius 3 is 2.84 bits per heavy atom. The number of thioether (sulfide) groups is 1. The van der Waals surface area contributed by atoms with Crippen molar-refractivity contribution in [1.29, 1.82) is 0 Å². The highest BCUT2D eigenvalue weighted by Gasteiger charge is 2.25. The molecule has 0 saturated carbocycles. The molecular formula is C14H17N3OS. The van der Waals surface area contributed by atoms with Crippen LogP contribution in [0.1, 0.15) is 35.7 Å². The number of aromatic nitrogens is 2. The van der Waals surface area contributed by atoms with Crippen molar-refractivity contribution in [2.24, 2.45) is 0 Å². The molecule has 5 heteroatoms. The molecule has 0 amide bonds. The first kappa shape index (κ1) is 12.7. The molecule has 4 nitrogen and oxygen atoms in total. The third kappa shape index (κ3) is 2.67. The third-order valence-electron chi connectivity index (χ3n) is 3.40. The van der Waals surface area contributed by atoms with Crippen molar-refractivity contribution >= 4 is 11.8 Å². The minimum atomic E-state index is -0.0310. The molecule has 2 aromatic rings. The van der Waals surface area contributed by atoms with Crippen LogP contribution in [0.15, 0.2) is 34.7 Å². The van der Waals surface area contributed by atoms with Gasteiger partial charge in [-0.2, -0.15) is 11.8 Å². The van der Waals surface area contributed by atoms with Crippen LogP contribution in [0.2, 0.25) is 0 Å². The van der Waals surface area contributed by atoms with Crippen molar-refractivity contribution in [3.05, 3.63) is 47.7 Å². The zero-order chi connectivity index (χ0) is 13.1. The topological polar surface area (TPSA) is 51.0 Å². The van der Waals surface area contributed by atoms with Crippen LogP contribution in [0, 0.1) is 0 Å². The predicted octanol–water partition coefficient (Wildman–Crippen LogP) is 2.60. The van der Waals surface area contributed by atoms with Crippen LogP contribution in [0.4, 0.5) is 0 Å². The van der Waals surface area contributed by atoms with Crippen molar-refractivity contribution in [2.75, 3.05) is 18.6 Å². The van der Waals surface area contributed by atoms with Gasteiger partial charge in [0, 0.05) is 11.7 Å². The van der Waals surface area contributed by atoms with Gasteiger partial charge in [-0.05, 0) is 24.8 Å². The average Bonchev–Trinajstić information content (AvgIpc) is 3.11. The smallest absolute Gasteiger partial charge is 0.237 e. The van der Waals surface area contributed by atoms with Gasteiger partial charge in [-0.15, -0.1) is 10.2 Å². The Kier molecular flexibility index (Phi) is 3.84. The zero-order valence-electron chi connectivity index (χ0n) is 10.9. The minimum Gasteiger partial charge on any atom is -0.423 e. The monoisotopic (exact) mass is 275 g/mol. The van der Waals surface area contributed by atoms with E-state index in [0.29, 0.717) is 11.8 Å². The molecule has 0 aliphatic carbocycles. The van der Waals surface area contributed by atoms with E-state index in [1.165, 1.54) is 5.75 Å². The Balaban J connectivity index is 1.84. The van der Waals surface area contributed by atoms with Gasteiger partial charge in [-0.25, -0.2) is 0 Å². The summed E-state index contributed by atoms with van der Waals surface area (Å²) in [7, 11) is 1.91. The molecule has 19 heavy (non-hydrogen) atoms. The SMILES string of the molecule is CNC(c1ccccc1)c1nnc(C2CCSC2)o1. The van der Waals surface area contributed by atoms with Gasteiger partial charge < -0.3 is 9.73 Å². The van der Waals surface area contributed by atoms with Gasteiger partial charge in [0.25, 0.3) is 0 Å². The summed E-state index contributed by atoms with van der Waals surface area (Å²) in [5.74, 6) is 4.16. The quantitative estimate of drug-likeness (QED) is 0.929. The summed E-state index contributed by atoms with van der Waals surface area (Å²) >= 11 is 1.95. The lowest BCUT2D eigenvalue weighted by molar-refractivity contribution is 0.399. The fourth-order valence-corrected chi connectivity index (χ4v) is 3.55. The van der Waals surface area contributed by atoms with Crippen LogP contribution in [0.3, 0.4) is 0 Å². The molecule has 1 aromatic heterocycles. The van der Waals surface area contributed by atoms with E-state index >= 15 is 0 Å². The van der Waals surface area contributed by atoms with Crippen molar-refractivity contribution in [3.8, 4) is 0 Å². The zero-order valence-corrected chi connectivity index (χ0v) is 11.7. The van der Waals surface area contributed by atoms with Crippen LogP contribution < -0.4 is 5.32 Å². The van der Waals surface area contributed by atoms with Crippen molar-refractivity contribution in [3.63, 3.8) is 0 Å². The summed E-state index contributed by atoms with van der Waals surface area (Å²) in [5, 5.41) is 11.7. The van der Waals surface area contributed by atoms with Gasteiger partial charge in [0.2, 0.25) is 11.8 Å². The second-order valence-electron chi connectivity index (χ2n) is 4.67. The fraction of sp³-hybridized carbons (Fsp3) is 0.429. The molecular weight excluding hydrogens is 258 g/mol. The summed E-state index contributed by atoms with van der Waals surface area (Å²) in [5.41, 5.74) is 1.14. The van der Waals surface area contributed by atoms with Crippen molar-refractivity contribution < 1.29 is 4.42 Å². The van der Waals surface area contributed by atoms with Gasteiger partial charge >= 0.3 is 0 Å². The summed E-state index contributed by atoms with van der Waals surface area (Å²) in [6.45, 7) is 0. The second-order valence-corrected chi connectivity index (χ2v) is 5.82. The summed E-state index contributed by atoms with van der Waals surface area (Å²) in [6.07, 6.45) is 1.14. The molecule has 2 unspecified atom stereocenters. The van der Waals surface area contributed by atoms with Crippen molar-refractivity contribution in [1.82, 2.24) is 15.5 Å². The van der Waals surface area contributed by atoms with Crippen LogP contribution in [-0.4, -0.2) is 28.8 Å². The van der Waals surface area contributed by atoms with Gasteiger partial charge in [0.1, 0.15) is 6.04 Å². The van der Waals surface area contributed by atoms with E-state index in [1.54, 1.807) is 0 Å². The molecule has 1 saturated heterocycles. The maximum Gasteiger partial charge on any atom is 0.237 e. The van der Waals surface area contributed by atoms with Gasteiger partial charge in [-0.3, -0.25) is 0 Å². The standard InChI is InChI=1S/C14H17N3OS/c1-15-12(10-5-3-2-4-6-10)14-17-16-13(18-14)11-7-8-19-9-11/h2-6,11-12,15H,7-9H2,1H3. The fourth-order valence-electron chi connectivity index (χ4n) is 2.34. The Morgan fingerprint density at radius 1 is 1.32 bits per heavy atom. The Hall–Kier alpha value is -1.33. The van der Waals surface area contributed by atoms with Crippen LogP contribution in [-0.2, 0) is 0 Å². The van der Waals surface area contributed by atoms with Gasteiger partial charge in [0.15, 0.2) is 0 Å². The Labute approximate surface area is 117 Å². The summed E-state index contributed by atoms with van der Waals surface area (Å²) < 4.78 is 5.88. The van der Waals surface area contributed by atoms with E-state index < -0.39 is 0 Å². The van der Waals surface area contributed by atoms with Gasteiger partial charge in [-0.1, -0.05) is 30.3 Å². The molecule has 1 aliphatic heterocycles. The molecule has 2 heterocycles. The van der Waals surface area contributed by atoms with E-state index in [4.69, 9.17) is 4.42 Å². The van der Waals surface area contributed by atoms with Crippen LogP contribution >= 0.6 is 11.8 Å². The van der Waals surface area contributed by atoms with Crippen LogP contribution in [0.5, 0.6) is 0 Å². The highest BCUT2D eigenvalue weighted by atomic mass is 32.2. The largest absolute Gasteiger partial charge is 0.423 e. The van der Waals surface area contributed by atoms with E-state index in [-0.39, 0.29) is 6.04 Å². The number of benzene rings is 1. The number of nitrogens with one attached hydrogen (secondary N) is 1. The Morgan fingerprint density at radius 2 is 2.16 bits per heavy atom. The second kappa shape index (κ2) is 5.75. The highest BCUT2D eigenvalue weighted by Crippen LogP contribution is 2.32. The maximum absolute atomic E-state index is 5.88. The number of hydrogen-bond donors (Lipinski definition) is 1. The lowest BCUT2D eigenvalue weighted by atomic mass is 10.1. The van der Waals surface area contributed by atoms with Gasteiger partial charge in [0.05, 0.1) is 0 Å². The third-order valence-corrected chi connectivity index (χ3v) is 4.57. The van der Waals surface area contributed by atoms with E-state index in [1.807, 2.05) is 37.0 Å². The summed E-state index contributed by atoms with van der Waals surface area (Å²) in [6, 6.07) is 10.1. The Bertz CT molecular complexity index is 522. The molecule has 2 atom stereocenters.